The van der Waals surface area contributed by atoms with Gasteiger partial charge in [0.25, 0.3) is 0 Å². The van der Waals surface area contributed by atoms with Crippen molar-refractivity contribution in [1.82, 2.24) is 0 Å². The lowest BCUT2D eigenvalue weighted by molar-refractivity contribution is 0.193. The number of para-hydroxylation sites is 2. The summed E-state index contributed by atoms with van der Waals surface area (Å²) >= 11 is 0. The minimum Gasteiger partial charge on any atom is -0.481 e. The fourth-order valence-electron chi connectivity index (χ4n) is 12.0. The lowest BCUT2D eigenvalue weighted by Gasteiger charge is -2.19. The summed E-state index contributed by atoms with van der Waals surface area (Å²) in [4.78, 5) is 0. The van der Waals surface area contributed by atoms with Gasteiger partial charge in [0.1, 0.15) is 22.5 Å². The summed E-state index contributed by atoms with van der Waals surface area (Å²) in [6.45, 7) is 0. The van der Waals surface area contributed by atoms with Gasteiger partial charge < -0.3 is 18.0 Å². The second-order valence-electron chi connectivity index (χ2n) is 19.0. The van der Waals surface area contributed by atoms with E-state index in [-0.39, 0.29) is 12.0 Å². The molecular weight excluding hydrogens is 857 g/mol. The lowest BCUT2D eigenvalue weighted by atomic mass is 9.84. The van der Waals surface area contributed by atoms with Crippen LogP contribution >= 0.6 is 0 Å². The average molecular weight is 895 g/mol. The second-order valence-corrected chi connectivity index (χ2v) is 19.0. The van der Waals surface area contributed by atoms with Crippen molar-refractivity contribution in [1.29, 1.82) is 0 Å². The molecule has 0 bridgehead atoms. The van der Waals surface area contributed by atoms with E-state index in [1.54, 1.807) is 0 Å². The van der Waals surface area contributed by atoms with Gasteiger partial charge in [0.05, 0.1) is 5.92 Å². The second kappa shape index (κ2) is 14.2. The standard InChI is InChI=1S/C66H38O4/c1-2-12-38-31-41(22-21-37(38)11-1)61-47-15-3-5-17-49(47)62(50-18-6-4-16-48(50)61)44-33-42(39-23-29-59-55(35-39)53-27-25-51-45-13-7-9-19-57(45)67-63(51)65(53)69-59)32-43(34-44)40-24-30-60-56(36-40)54-28-26-52-46-14-8-10-20-58(46)68-64(52)66(54)70-60/h1-36,51,63H. The first-order chi connectivity index (χ1) is 34.7. The topological polar surface area (TPSA) is 48.7 Å². The molecule has 11 aromatic carbocycles. The van der Waals surface area contributed by atoms with E-state index >= 15 is 0 Å². The minimum atomic E-state index is -0.195. The predicted molar refractivity (Wildman–Crippen MR) is 287 cm³/mol. The predicted octanol–water partition coefficient (Wildman–Crippen LogP) is 18.6. The van der Waals surface area contributed by atoms with E-state index in [1.807, 2.05) is 18.2 Å². The zero-order chi connectivity index (χ0) is 45.6. The van der Waals surface area contributed by atoms with Gasteiger partial charge >= 0.3 is 0 Å². The molecular formula is C66H38O4. The van der Waals surface area contributed by atoms with E-state index in [2.05, 4.69) is 200 Å². The third kappa shape index (κ3) is 5.41. The summed E-state index contributed by atoms with van der Waals surface area (Å²) in [5.41, 5.74) is 15.6. The van der Waals surface area contributed by atoms with E-state index in [1.165, 1.54) is 54.6 Å². The van der Waals surface area contributed by atoms with Gasteiger partial charge in [0.15, 0.2) is 23.0 Å². The summed E-state index contributed by atoms with van der Waals surface area (Å²) in [5, 5.41) is 12.6. The average Bonchev–Trinajstić information content (AvgIpc) is 4.20. The molecule has 0 saturated heterocycles. The highest BCUT2D eigenvalue weighted by Crippen LogP contribution is 2.53. The molecule has 4 nitrogen and oxygen atoms in total. The molecule has 326 valence electrons. The lowest BCUT2D eigenvalue weighted by Crippen LogP contribution is -2.11. The summed E-state index contributed by atoms with van der Waals surface area (Å²) in [7, 11) is 0. The van der Waals surface area contributed by atoms with Crippen LogP contribution in [-0.2, 0) is 0 Å². The molecule has 1 aliphatic heterocycles. The van der Waals surface area contributed by atoms with Gasteiger partial charge in [-0.1, -0.05) is 146 Å². The van der Waals surface area contributed by atoms with Gasteiger partial charge in [-0.25, -0.2) is 0 Å². The summed E-state index contributed by atoms with van der Waals surface area (Å²) in [6.07, 6.45) is 4.32. The SMILES string of the molecule is C1=CC2c3ccccc3OC2c2oc3ccc(-c4cc(-c5ccc6oc7c(ccc8c9ccccc9oc87)c6c5)cc(-c5c6ccccc6c(-c6ccc7ccccc7c6)c6ccccc56)c4)cc3c21. The molecule has 2 atom stereocenters. The molecule has 0 spiro atoms. The molecule has 1 aliphatic carbocycles. The third-order valence-corrected chi connectivity index (χ3v) is 15.2. The monoisotopic (exact) mass is 894 g/mol. The number of benzene rings is 11. The van der Waals surface area contributed by atoms with Crippen molar-refractivity contribution in [2.75, 3.05) is 0 Å². The normalized spacial score (nSPS) is 15.2. The van der Waals surface area contributed by atoms with Crippen LogP contribution in [0.5, 0.6) is 5.75 Å². The van der Waals surface area contributed by atoms with Crippen molar-refractivity contribution < 1.29 is 18.0 Å². The molecule has 70 heavy (non-hydrogen) atoms. The minimum absolute atomic E-state index is 0.120. The number of rotatable bonds is 4. The smallest absolute Gasteiger partial charge is 0.178 e. The molecule has 16 rings (SSSR count). The van der Waals surface area contributed by atoms with Crippen LogP contribution in [0.15, 0.2) is 226 Å². The number of hydrogen-bond donors (Lipinski definition) is 0. The Bertz CT molecular complexity index is 4540. The van der Waals surface area contributed by atoms with Crippen molar-refractivity contribution >= 4 is 93.2 Å². The van der Waals surface area contributed by atoms with Gasteiger partial charge in [-0.2, -0.15) is 0 Å². The fourth-order valence-corrected chi connectivity index (χ4v) is 12.0. The molecule has 4 heteroatoms. The summed E-state index contributed by atoms with van der Waals surface area (Å²) < 4.78 is 26.4. The van der Waals surface area contributed by atoms with Crippen molar-refractivity contribution in [3.05, 3.63) is 229 Å². The summed E-state index contributed by atoms with van der Waals surface area (Å²) in [6, 6.07) is 74.6. The highest BCUT2D eigenvalue weighted by molar-refractivity contribution is 6.23. The van der Waals surface area contributed by atoms with Crippen LogP contribution in [0.2, 0.25) is 0 Å². The zero-order valence-corrected chi connectivity index (χ0v) is 37.6. The van der Waals surface area contributed by atoms with E-state index < -0.39 is 0 Å². The van der Waals surface area contributed by atoms with Crippen LogP contribution in [0.4, 0.5) is 0 Å². The summed E-state index contributed by atoms with van der Waals surface area (Å²) in [5.74, 6) is 1.93. The molecule has 3 aromatic heterocycles. The van der Waals surface area contributed by atoms with Crippen LogP contribution in [0.25, 0.3) is 138 Å². The van der Waals surface area contributed by atoms with Crippen LogP contribution in [0.1, 0.15) is 28.9 Å². The van der Waals surface area contributed by atoms with Crippen LogP contribution in [0, 0.1) is 0 Å². The number of fused-ring (bicyclic) bond motifs is 17. The molecule has 4 heterocycles. The molecule has 0 radical (unpaired) electrons. The molecule has 2 aliphatic rings. The van der Waals surface area contributed by atoms with E-state index in [4.69, 9.17) is 18.0 Å². The molecule has 14 aromatic rings. The maximum Gasteiger partial charge on any atom is 0.178 e. The molecule has 0 N–H and O–H groups in total. The molecule has 0 fully saturated rings. The van der Waals surface area contributed by atoms with Crippen molar-refractivity contribution in [3.8, 4) is 50.3 Å². The van der Waals surface area contributed by atoms with Gasteiger partial charge in [0.2, 0.25) is 0 Å². The Balaban J connectivity index is 0.923. The number of ether oxygens (including phenoxy) is 1. The van der Waals surface area contributed by atoms with E-state index in [9.17, 15) is 0 Å². The van der Waals surface area contributed by atoms with Gasteiger partial charge in [-0.15, -0.1) is 0 Å². The molecule has 0 saturated carbocycles. The van der Waals surface area contributed by atoms with Gasteiger partial charge in [0, 0.05) is 38.1 Å². The van der Waals surface area contributed by atoms with Crippen LogP contribution < -0.4 is 4.74 Å². The van der Waals surface area contributed by atoms with Crippen molar-refractivity contribution in [2.45, 2.75) is 12.0 Å². The third-order valence-electron chi connectivity index (χ3n) is 15.2. The maximum atomic E-state index is 6.70. The van der Waals surface area contributed by atoms with Gasteiger partial charge in [-0.05, 0) is 150 Å². The first kappa shape index (κ1) is 37.9. The Hall–Kier alpha value is -9.12. The van der Waals surface area contributed by atoms with Crippen molar-refractivity contribution in [3.63, 3.8) is 0 Å². The van der Waals surface area contributed by atoms with Crippen LogP contribution in [-0.4, -0.2) is 0 Å². The highest BCUT2D eigenvalue weighted by atomic mass is 16.5. The Labute approximate surface area is 400 Å². The zero-order valence-electron chi connectivity index (χ0n) is 37.6. The van der Waals surface area contributed by atoms with Gasteiger partial charge in [-0.3, -0.25) is 0 Å². The van der Waals surface area contributed by atoms with E-state index in [0.717, 1.165) is 99.7 Å². The first-order valence-electron chi connectivity index (χ1n) is 24.0. The molecule has 0 amide bonds. The Morgan fingerprint density at radius 2 is 0.871 bits per heavy atom. The maximum absolute atomic E-state index is 6.70. The number of hydrogen-bond acceptors (Lipinski definition) is 4. The van der Waals surface area contributed by atoms with E-state index in [0.29, 0.717) is 0 Å². The Kier molecular flexibility index (Phi) is 7.69. The van der Waals surface area contributed by atoms with Crippen molar-refractivity contribution in [2.24, 2.45) is 0 Å². The van der Waals surface area contributed by atoms with Crippen LogP contribution in [0.3, 0.4) is 0 Å². The Morgan fingerprint density at radius 1 is 0.329 bits per heavy atom. The fraction of sp³-hybridized carbons (Fsp3) is 0.0303. The quantitative estimate of drug-likeness (QED) is 0.165. The molecule has 2 unspecified atom stereocenters. The highest BCUT2D eigenvalue weighted by Gasteiger charge is 2.40. The number of furan rings is 3. The first-order valence-corrected chi connectivity index (χ1v) is 24.0. The largest absolute Gasteiger partial charge is 0.481 e. The Morgan fingerprint density at radius 3 is 1.60 bits per heavy atom.